The van der Waals surface area contributed by atoms with E-state index in [1.165, 1.54) is 9.56 Å². The van der Waals surface area contributed by atoms with Gasteiger partial charge in [0.05, 0.1) is 5.39 Å². The molecule has 1 aromatic carbocycles. The number of thiophene rings is 1. The summed E-state index contributed by atoms with van der Waals surface area (Å²) in [5.74, 6) is 0.429. The van der Waals surface area contributed by atoms with Gasteiger partial charge in [0.1, 0.15) is 6.54 Å². The zero-order chi connectivity index (χ0) is 22.3. The third kappa shape index (κ3) is 4.15. The molecule has 31 heavy (non-hydrogen) atoms. The summed E-state index contributed by atoms with van der Waals surface area (Å²) in [7, 11) is 0. The van der Waals surface area contributed by atoms with Gasteiger partial charge in [0, 0.05) is 17.1 Å². The predicted molar refractivity (Wildman–Crippen MR) is 126 cm³/mol. The monoisotopic (exact) mass is 438 g/mol. The van der Waals surface area contributed by atoms with E-state index in [4.69, 9.17) is 0 Å². The van der Waals surface area contributed by atoms with Crippen LogP contribution in [0.15, 0.2) is 29.1 Å². The molecule has 1 aliphatic rings. The van der Waals surface area contributed by atoms with E-state index in [2.05, 4.69) is 31.1 Å². The van der Waals surface area contributed by atoms with E-state index in [0.717, 1.165) is 36.1 Å². The number of carbonyl (C=O) groups is 1. The Morgan fingerprint density at radius 2 is 2.10 bits per heavy atom. The number of rotatable bonds is 4. The van der Waals surface area contributed by atoms with Crippen molar-refractivity contribution in [3.8, 4) is 0 Å². The largest absolute Gasteiger partial charge is 0.311 e. The number of amides is 1. The lowest BCUT2D eigenvalue weighted by Crippen LogP contribution is -2.37. The van der Waals surface area contributed by atoms with Crippen LogP contribution in [0.3, 0.4) is 0 Å². The molecule has 2 heterocycles. The Hall–Kier alpha value is -2.54. The van der Waals surface area contributed by atoms with E-state index in [1.807, 2.05) is 38.1 Å². The molecule has 0 radical (unpaired) electrons. The number of carbonyl (C=O) groups excluding carboxylic acids is 1. The van der Waals surface area contributed by atoms with Crippen LogP contribution in [0.5, 0.6) is 0 Å². The van der Waals surface area contributed by atoms with Gasteiger partial charge in [-0.05, 0) is 67.7 Å². The van der Waals surface area contributed by atoms with E-state index < -0.39 is 0 Å². The number of hydrogen-bond acceptors (Lipinski definition) is 5. The Morgan fingerprint density at radius 3 is 2.77 bits per heavy atom. The van der Waals surface area contributed by atoms with E-state index in [9.17, 15) is 9.59 Å². The van der Waals surface area contributed by atoms with Crippen LogP contribution in [0.2, 0.25) is 0 Å². The van der Waals surface area contributed by atoms with Crippen LogP contribution in [-0.2, 0) is 24.2 Å². The van der Waals surface area contributed by atoms with Gasteiger partial charge < -0.3 is 4.90 Å². The first kappa shape index (κ1) is 21.7. The molecular formula is C24H30N4O2S. The lowest BCUT2D eigenvalue weighted by atomic mass is 9.72. The van der Waals surface area contributed by atoms with Gasteiger partial charge in [-0.3, -0.25) is 9.59 Å². The van der Waals surface area contributed by atoms with Gasteiger partial charge in [-0.25, -0.2) is 4.68 Å². The number of fused-ring (bicyclic) bond motifs is 3. The molecule has 7 heteroatoms. The van der Waals surface area contributed by atoms with Gasteiger partial charge in [0.15, 0.2) is 4.83 Å². The average Bonchev–Trinajstić information content (AvgIpc) is 3.08. The minimum absolute atomic E-state index is 0.112. The third-order valence-corrected chi connectivity index (χ3v) is 7.52. The summed E-state index contributed by atoms with van der Waals surface area (Å²) < 4.78 is 1.23. The summed E-state index contributed by atoms with van der Waals surface area (Å²) in [6, 6.07) is 7.81. The van der Waals surface area contributed by atoms with Gasteiger partial charge >= 0.3 is 0 Å². The van der Waals surface area contributed by atoms with Crippen LogP contribution >= 0.6 is 11.3 Å². The maximum absolute atomic E-state index is 13.3. The standard InChI is InChI=1S/C24H30N4O2S/c1-6-27(17-9-7-8-15(2)12-17)20(29)14-28-23(30)21-18-11-10-16(24(3,4)5)13-19(18)31-22(21)25-26-28/h7-9,12,16H,6,10-11,13-14H2,1-5H3/t16-/m1/s1. The SMILES string of the molecule is CCN(C(=O)Cn1nnc2sc3c(c2c1=O)CC[C@@H](C(C)(C)C)C3)c1cccc(C)c1. The van der Waals surface area contributed by atoms with E-state index >= 15 is 0 Å². The maximum Gasteiger partial charge on any atom is 0.279 e. The van der Waals surface area contributed by atoms with Crippen LogP contribution in [0.25, 0.3) is 10.2 Å². The molecule has 2 aromatic heterocycles. The molecule has 0 spiro atoms. The van der Waals surface area contributed by atoms with Crippen molar-refractivity contribution in [1.29, 1.82) is 0 Å². The first-order chi connectivity index (χ1) is 14.7. The second kappa shape index (κ2) is 8.19. The fraction of sp³-hybridized carbons (Fsp3) is 0.500. The topological polar surface area (TPSA) is 68.1 Å². The lowest BCUT2D eigenvalue weighted by molar-refractivity contribution is -0.119. The van der Waals surface area contributed by atoms with Crippen molar-refractivity contribution in [1.82, 2.24) is 15.0 Å². The highest BCUT2D eigenvalue weighted by Gasteiger charge is 2.32. The number of likely N-dealkylation sites (N-methyl/N-ethyl adjacent to an activating group) is 1. The Labute approximate surface area is 186 Å². The molecule has 0 fully saturated rings. The van der Waals surface area contributed by atoms with Crippen molar-refractivity contribution in [2.24, 2.45) is 11.3 Å². The summed E-state index contributed by atoms with van der Waals surface area (Å²) in [6.07, 6.45) is 2.94. The number of anilines is 1. The van der Waals surface area contributed by atoms with Gasteiger partial charge in [0.25, 0.3) is 5.56 Å². The minimum Gasteiger partial charge on any atom is -0.311 e. The van der Waals surface area contributed by atoms with E-state index in [-0.39, 0.29) is 23.4 Å². The molecule has 1 aliphatic carbocycles. The zero-order valence-corrected chi connectivity index (χ0v) is 19.8. The lowest BCUT2D eigenvalue weighted by Gasteiger charge is -2.33. The molecule has 164 valence electrons. The van der Waals surface area contributed by atoms with E-state index in [0.29, 0.717) is 22.7 Å². The van der Waals surface area contributed by atoms with Gasteiger partial charge in [-0.15, -0.1) is 16.4 Å². The maximum atomic E-state index is 13.3. The number of hydrogen-bond donors (Lipinski definition) is 0. The average molecular weight is 439 g/mol. The zero-order valence-electron chi connectivity index (χ0n) is 18.9. The van der Waals surface area contributed by atoms with Crippen LogP contribution in [0, 0.1) is 18.3 Å². The highest BCUT2D eigenvalue weighted by Crippen LogP contribution is 2.41. The first-order valence-corrected chi connectivity index (χ1v) is 11.8. The van der Waals surface area contributed by atoms with Crippen LogP contribution in [0.4, 0.5) is 5.69 Å². The summed E-state index contributed by atoms with van der Waals surface area (Å²) in [5, 5.41) is 9.08. The van der Waals surface area contributed by atoms with Crippen molar-refractivity contribution in [3.63, 3.8) is 0 Å². The van der Waals surface area contributed by atoms with Crippen molar-refractivity contribution in [3.05, 3.63) is 50.6 Å². The Bertz CT molecular complexity index is 1190. The van der Waals surface area contributed by atoms with Gasteiger partial charge in [-0.2, -0.15) is 0 Å². The molecule has 0 N–H and O–H groups in total. The second-order valence-electron chi connectivity index (χ2n) is 9.52. The summed E-state index contributed by atoms with van der Waals surface area (Å²) >= 11 is 1.59. The fourth-order valence-corrected chi connectivity index (χ4v) is 5.72. The Morgan fingerprint density at radius 1 is 1.32 bits per heavy atom. The molecule has 0 unspecified atom stereocenters. The number of aryl methyl sites for hydroxylation is 2. The normalized spacial score (nSPS) is 16.4. The van der Waals surface area contributed by atoms with Crippen molar-refractivity contribution < 1.29 is 4.79 Å². The number of benzene rings is 1. The van der Waals surface area contributed by atoms with Crippen LogP contribution in [-0.4, -0.2) is 27.4 Å². The summed E-state index contributed by atoms with van der Waals surface area (Å²) in [6.45, 7) is 11.2. The first-order valence-electron chi connectivity index (χ1n) is 10.9. The third-order valence-electron chi connectivity index (χ3n) is 6.38. The number of aromatic nitrogens is 3. The van der Waals surface area contributed by atoms with Crippen molar-refractivity contribution >= 4 is 33.1 Å². The quantitative estimate of drug-likeness (QED) is 0.607. The molecule has 6 nitrogen and oxygen atoms in total. The van der Waals surface area contributed by atoms with Crippen molar-refractivity contribution in [2.75, 3.05) is 11.4 Å². The Balaban J connectivity index is 1.64. The van der Waals surface area contributed by atoms with E-state index in [1.54, 1.807) is 16.2 Å². The smallest absolute Gasteiger partial charge is 0.279 e. The fourth-order valence-electron chi connectivity index (χ4n) is 4.48. The van der Waals surface area contributed by atoms with Crippen LogP contribution in [0.1, 0.15) is 50.1 Å². The minimum atomic E-state index is -0.203. The molecule has 0 bridgehead atoms. The molecule has 4 rings (SSSR count). The van der Waals surface area contributed by atoms with Crippen molar-refractivity contribution in [2.45, 2.75) is 60.4 Å². The van der Waals surface area contributed by atoms with Gasteiger partial charge in [-0.1, -0.05) is 38.1 Å². The molecule has 1 amide bonds. The summed E-state index contributed by atoms with van der Waals surface area (Å²) in [4.78, 5) is 29.9. The molecule has 0 aliphatic heterocycles. The Kier molecular flexibility index (Phi) is 5.73. The second-order valence-corrected chi connectivity index (χ2v) is 10.6. The highest BCUT2D eigenvalue weighted by molar-refractivity contribution is 7.18. The predicted octanol–water partition coefficient (Wildman–Crippen LogP) is 4.37. The molecule has 3 aromatic rings. The number of nitrogens with zero attached hydrogens (tertiary/aromatic N) is 4. The molecule has 1 atom stereocenters. The van der Waals surface area contributed by atoms with Crippen LogP contribution < -0.4 is 10.5 Å². The molecular weight excluding hydrogens is 408 g/mol. The molecule has 0 saturated carbocycles. The highest BCUT2D eigenvalue weighted by atomic mass is 32.1. The summed E-state index contributed by atoms with van der Waals surface area (Å²) in [5.41, 5.74) is 3.07. The molecule has 0 saturated heterocycles. The van der Waals surface area contributed by atoms with Gasteiger partial charge in [0.2, 0.25) is 5.91 Å².